The molecule has 0 saturated heterocycles. The molecule has 0 atom stereocenters. The van der Waals surface area contributed by atoms with E-state index in [-0.39, 0.29) is 11.5 Å². The predicted octanol–water partition coefficient (Wildman–Crippen LogP) is 1.50. The van der Waals surface area contributed by atoms with Crippen LogP contribution in [-0.4, -0.2) is 24.0 Å². The molecular formula is C11H13FN2O2. The molecule has 0 aromatic carbocycles. The number of aromatic nitrogens is 1. The van der Waals surface area contributed by atoms with Crippen molar-refractivity contribution in [1.29, 1.82) is 0 Å². The van der Waals surface area contributed by atoms with Gasteiger partial charge in [0.1, 0.15) is 0 Å². The zero-order chi connectivity index (χ0) is 11.8. The smallest absolute Gasteiger partial charge is 0.251 e. The van der Waals surface area contributed by atoms with Crippen molar-refractivity contribution in [2.45, 2.75) is 6.42 Å². The lowest BCUT2D eigenvalue weighted by Crippen LogP contribution is -2.25. The van der Waals surface area contributed by atoms with E-state index in [4.69, 9.17) is 4.74 Å². The molecule has 0 saturated carbocycles. The summed E-state index contributed by atoms with van der Waals surface area (Å²) >= 11 is 0. The van der Waals surface area contributed by atoms with E-state index in [9.17, 15) is 9.18 Å². The Kier molecular flexibility index (Phi) is 4.98. The second kappa shape index (κ2) is 6.55. The van der Waals surface area contributed by atoms with Gasteiger partial charge in [0.15, 0.2) is 0 Å². The quantitative estimate of drug-likeness (QED) is 0.452. The van der Waals surface area contributed by atoms with E-state index in [1.807, 2.05) is 0 Å². The third kappa shape index (κ3) is 4.08. The molecule has 0 unspecified atom stereocenters. The summed E-state index contributed by atoms with van der Waals surface area (Å²) in [7, 11) is 0. The van der Waals surface area contributed by atoms with Crippen molar-refractivity contribution in [3.8, 4) is 0 Å². The van der Waals surface area contributed by atoms with Crippen molar-refractivity contribution in [1.82, 2.24) is 10.3 Å². The molecule has 1 heterocycles. The Morgan fingerprint density at radius 3 is 3.19 bits per heavy atom. The first-order valence-corrected chi connectivity index (χ1v) is 4.86. The van der Waals surface area contributed by atoms with Crippen LogP contribution in [0.1, 0.15) is 16.8 Å². The molecule has 0 aliphatic heterocycles. The summed E-state index contributed by atoms with van der Waals surface area (Å²) in [5.74, 6) is -0.984. The Morgan fingerprint density at radius 1 is 1.69 bits per heavy atom. The Balaban J connectivity index is 2.32. The first-order valence-electron chi connectivity index (χ1n) is 4.86. The van der Waals surface area contributed by atoms with E-state index in [1.54, 1.807) is 0 Å². The van der Waals surface area contributed by atoms with Crippen molar-refractivity contribution >= 4 is 5.91 Å². The van der Waals surface area contributed by atoms with Crippen molar-refractivity contribution in [2.24, 2.45) is 0 Å². The monoisotopic (exact) mass is 224 g/mol. The van der Waals surface area contributed by atoms with Gasteiger partial charge in [0, 0.05) is 24.4 Å². The molecule has 5 heteroatoms. The van der Waals surface area contributed by atoms with Gasteiger partial charge in [-0.1, -0.05) is 6.58 Å². The Hall–Kier alpha value is -1.91. The molecule has 0 radical (unpaired) electrons. The van der Waals surface area contributed by atoms with Crippen LogP contribution in [0.15, 0.2) is 31.2 Å². The zero-order valence-electron chi connectivity index (χ0n) is 8.78. The van der Waals surface area contributed by atoms with Gasteiger partial charge < -0.3 is 10.1 Å². The number of hydrogen-bond donors (Lipinski definition) is 1. The number of nitrogens with zero attached hydrogens (tertiary/aromatic N) is 1. The number of amides is 1. The second-order valence-electron chi connectivity index (χ2n) is 3.01. The van der Waals surface area contributed by atoms with Gasteiger partial charge in [-0.15, -0.1) is 0 Å². The first-order chi connectivity index (χ1) is 7.74. The van der Waals surface area contributed by atoms with Crippen molar-refractivity contribution in [3.05, 3.63) is 42.7 Å². The van der Waals surface area contributed by atoms with Gasteiger partial charge in [-0.05, 0) is 12.5 Å². The Labute approximate surface area is 93.1 Å². The third-order valence-electron chi connectivity index (χ3n) is 1.83. The fraction of sp³-hybridized carbons (Fsp3) is 0.273. The number of carbonyl (C=O) groups is 1. The Bertz CT molecular complexity index is 369. The minimum Gasteiger partial charge on any atom is -0.502 e. The summed E-state index contributed by atoms with van der Waals surface area (Å²) in [4.78, 5) is 14.8. The van der Waals surface area contributed by atoms with Crippen LogP contribution in [0.25, 0.3) is 0 Å². The third-order valence-corrected chi connectivity index (χ3v) is 1.83. The van der Waals surface area contributed by atoms with Gasteiger partial charge >= 0.3 is 0 Å². The van der Waals surface area contributed by atoms with Gasteiger partial charge in [-0.3, -0.25) is 4.79 Å². The molecule has 0 aliphatic rings. The molecule has 1 aromatic rings. The molecule has 86 valence electrons. The van der Waals surface area contributed by atoms with Gasteiger partial charge in [0.25, 0.3) is 5.91 Å². The number of ether oxygens (including phenoxy) is 1. The van der Waals surface area contributed by atoms with Crippen LogP contribution in [0.5, 0.6) is 0 Å². The van der Waals surface area contributed by atoms with E-state index < -0.39 is 5.95 Å². The standard InChI is InChI=1S/C11H13FN2O2/c1-2-16-7-3-5-14-11(15)9-4-6-13-10(12)8-9/h2,4,6,8H,1,3,5,7H2,(H,14,15). The van der Waals surface area contributed by atoms with Crippen molar-refractivity contribution in [3.63, 3.8) is 0 Å². The molecule has 16 heavy (non-hydrogen) atoms. The molecule has 0 bridgehead atoms. The molecule has 1 rings (SSSR count). The minimum atomic E-state index is -0.664. The minimum absolute atomic E-state index is 0.261. The average molecular weight is 224 g/mol. The van der Waals surface area contributed by atoms with E-state index >= 15 is 0 Å². The second-order valence-corrected chi connectivity index (χ2v) is 3.01. The van der Waals surface area contributed by atoms with E-state index in [1.165, 1.54) is 18.5 Å². The van der Waals surface area contributed by atoms with Crippen molar-refractivity contribution < 1.29 is 13.9 Å². The number of carbonyl (C=O) groups excluding carboxylic acids is 1. The highest BCUT2D eigenvalue weighted by atomic mass is 19.1. The summed E-state index contributed by atoms with van der Waals surface area (Å²) < 4.78 is 17.6. The maximum atomic E-state index is 12.7. The fourth-order valence-electron chi connectivity index (χ4n) is 1.09. The first kappa shape index (κ1) is 12.2. The van der Waals surface area contributed by atoms with Gasteiger partial charge in [0.05, 0.1) is 12.9 Å². The molecule has 0 aliphatic carbocycles. The molecule has 1 amide bonds. The fourth-order valence-corrected chi connectivity index (χ4v) is 1.09. The van der Waals surface area contributed by atoms with Gasteiger partial charge in [0.2, 0.25) is 5.95 Å². The summed E-state index contributed by atoms with van der Waals surface area (Å²) in [6, 6.07) is 2.55. The maximum Gasteiger partial charge on any atom is 0.251 e. The van der Waals surface area contributed by atoms with Crippen LogP contribution in [0.2, 0.25) is 0 Å². The number of pyridine rings is 1. The number of nitrogens with one attached hydrogen (secondary N) is 1. The summed E-state index contributed by atoms with van der Waals surface area (Å²) in [5, 5.41) is 2.64. The normalized spacial score (nSPS) is 9.56. The van der Waals surface area contributed by atoms with E-state index in [0.29, 0.717) is 19.6 Å². The molecule has 0 spiro atoms. The largest absolute Gasteiger partial charge is 0.502 e. The van der Waals surface area contributed by atoms with E-state index in [2.05, 4.69) is 16.9 Å². The van der Waals surface area contributed by atoms with Crippen LogP contribution >= 0.6 is 0 Å². The average Bonchev–Trinajstić information content (AvgIpc) is 2.28. The van der Waals surface area contributed by atoms with E-state index in [0.717, 1.165) is 6.07 Å². The molecular weight excluding hydrogens is 211 g/mol. The lowest BCUT2D eigenvalue weighted by atomic mass is 10.2. The van der Waals surface area contributed by atoms with Crippen LogP contribution in [-0.2, 0) is 4.74 Å². The number of rotatable bonds is 6. The van der Waals surface area contributed by atoms with Gasteiger partial charge in [-0.2, -0.15) is 4.39 Å². The SMILES string of the molecule is C=COCCCNC(=O)c1ccnc(F)c1. The molecule has 1 aromatic heterocycles. The molecule has 0 fully saturated rings. The van der Waals surface area contributed by atoms with Crippen molar-refractivity contribution in [2.75, 3.05) is 13.2 Å². The predicted molar refractivity (Wildman–Crippen MR) is 57.3 cm³/mol. The highest BCUT2D eigenvalue weighted by Gasteiger charge is 2.05. The topological polar surface area (TPSA) is 51.2 Å². The maximum absolute atomic E-state index is 12.7. The Morgan fingerprint density at radius 2 is 2.50 bits per heavy atom. The molecule has 4 nitrogen and oxygen atoms in total. The highest BCUT2D eigenvalue weighted by Crippen LogP contribution is 1.99. The zero-order valence-corrected chi connectivity index (χ0v) is 8.78. The number of hydrogen-bond acceptors (Lipinski definition) is 3. The summed E-state index contributed by atoms with van der Waals surface area (Å²) in [6.45, 7) is 4.36. The van der Waals surface area contributed by atoms with Crippen LogP contribution in [0, 0.1) is 5.95 Å². The number of halogens is 1. The molecule has 1 N–H and O–H groups in total. The van der Waals surface area contributed by atoms with Crippen LogP contribution in [0.4, 0.5) is 4.39 Å². The van der Waals surface area contributed by atoms with Gasteiger partial charge in [-0.25, -0.2) is 4.98 Å². The lowest BCUT2D eigenvalue weighted by molar-refractivity contribution is 0.0949. The lowest BCUT2D eigenvalue weighted by Gasteiger charge is -2.04. The summed E-state index contributed by atoms with van der Waals surface area (Å²) in [6.07, 6.45) is 3.27. The van der Waals surface area contributed by atoms with Crippen LogP contribution in [0.3, 0.4) is 0 Å². The van der Waals surface area contributed by atoms with Crippen LogP contribution < -0.4 is 5.32 Å². The summed E-state index contributed by atoms with van der Waals surface area (Å²) in [5.41, 5.74) is 0.261. The highest BCUT2D eigenvalue weighted by molar-refractivity contribution is 5.93.